The van der Waals surface area contributed by atoms with Crippen LogP contribution in [0.4, 0.5) is 0 Å². The number of benzene rings is 1. The zero-order valence-electron chi connectivity index (χ0n) is 15.3. The lowest BCUT2D eigenvalue weighted by atomic mass is 9.84. The standard InChI is InChI=1S/C23H25NO/c1-6-7-17-14(2)24-22(21-19-13-12-18(25-19)20(17)21)15-8-10-16(11-9-15)23(3,4)5/h6-11,18-19H,1-2,12-13H2,3-5H3/b17-7+. The number of hydrogen-bond donors (Lipinski definition) is 0. The predicted molar refractivity (Wildman–Crippen MR) is 104 cm³/mol. The summed E-state index contributed by atoms with van der Waals surface area (Å²) in [7, 11) is 0. The molecular formula is C23H25NO. The fourth-order valence-electron chi connectivity index (χ4n) is 4.07. The summed E-state index contributed by atoms with van der Waals surface area (Å²) in [6.45, 7) is 14.7. The molecule has 0 amide bonds. The molecule has 2 aliphatic rings. The number of aromatic nitrogens is 1. The third kappa shape index (κ3) is 2.56. The van der Waals surface area contributed by atoms with Crippen LogP contribution in [0.3, 0.4) is 0 Å². The number of ether oxygens (including phenoxy) is 1. The molecule has 4 rings (SSSR count). The van der Waals surface area contributed by atoms with Gasteiger partial charge >= 0.3 is 0 Å². The summed E-state index contributed by atoms with van der Waals surface area (Å²) in [6, 6.07) is 8.80. The van der Waals surface area contributed by atoms with Gasteiger partial charge in [0.05, 0.1) is 23.3 Å². The van der Waals surface area contributed by atoms with E-state index in [-0.39, 0.29) is 17.6 Å². The fourth-order valence-corrected chi connectivity index (χ4v) is 4.07. The highest BCUT2D eigenvalue weighted by Crippen LogP contribution is 2.51. The number of rotatable bonds is 2. The predicted octanol–water partition coefficient (Wildman–Crippen LogP) is 4.33. The van der Waals surface area contributed by atoms with Gasteiger partial charge in [0.2, 0.25) is 0 Å². The third-order valence-corrected chi connectivity index (χ3v) is 5.37. The zero-order chi connectivity index (χ0) is 17.8. The molecule has 3 heterocycles. The van der Waals surface area contributed by atoms with Crippen molar-refractivity contribution in [3.63, 3.8) is 0 Å². The first-order valence-electron chi connectivity index (χ1n) is 9.02. The maximum Gasteiger partial charge on any atom is 0.0859 e. The number of allylic oxidation sites excluding steroid dienone is 1. The van der Waals surface area contributed by atoms with Gasteiger partial charge in [0.15, 0.2) is 0 Å². The molecule has 0 radical (unpaired) electrons. The Morgan fingerprint density at radius 1 is 1.08 bits per heavy atom. The van der Waals surface area contributed by atoms with Gasteiger partial charge in [-0.3, -0.25) is 0 Å². The second kappa shape index (κ2) is 5.67. The summed E-state index contributed by atoms with van der Waals surface area (Å²) < 4.78 is 6.20. The van der Waals surface area contributed by atoms with E-state index < -0.39 is 0 Å². The van der Waals surface area contributed by atoms with E-state index in [1.54, 1.807) is 0 Å². The minimum atomic E-state index is 0.149. The van der Waals surface area contributed by atoms with Crippen molar-refractivity contribution in [2.24, 2.45) is 0 Å². The summed E-state index contributed by atoms with van der Waals surface area (Å²) in [5.74, 6) is 0. The topological polar surface area (TPSA) is 22.1 Å². The van der Waals surface area contributed by atoms with E-state index >= 15 is 0 Å². The van der Waals surface area contributed by atoms with E-state index in [0.717, 1.165) is 34.7 Å². The van der Waals surface area contributed by atoms with Crippen molar-refractivity contribution in [3.05, 3.63) is 64.2 Å². The molecule has 2 aliphatic heterocycles. The van der Waals surface area contributed by atoms with Crippen LogP contribution in [-0.4, -0.2) is 4.98 Å². The van der Waals surface area contributed by atoms with Gasteiger partial charge in [0.25, 0.3) is 0 Å². The van der Waals surface area contributed by atoms with Crippen molar-refractivity contribution < 1.29 is 4.74 Å². The summed E-state index contributed by atoms with van der Waals surface area (Å²) in [5, 5.41) is 1.90. The Morgan fingerprint density at radius 2 is 1.72 bits per heavy atom. The lowest BCUT2D eigenvalue weighted by Gasteiger charge is -2.20. The number of nitrogens with zero attached hydrogens (tertiary/aromatic N) is 1. The molecule has 1 saturated heterocycles. The molecule has 2 atom stereocenters. The number of hydrogen-bond acceptors (Lipinski definition) is 2. The van der Waals surface area contributed by atoms with Crippen molar-refractivity contribution in [1.29, 1.82) is 0 Å². The largest absolute Gasteiger partial charge is 0.365 e. The van der Waals surface area contributed by atoms with Crippen molar-refractivity contribution in [1.82, 2.24) is 4.98 Å². The fraction of sp³-hybridized carbons (Fsp3) is 0.348. The molecule has 1 fully saturated rings. The Hall–Kier alpha value is -2.19. The quantitative estimate of drug-likeness (QED) is 0.817. The van der Waals surface area contributed by atoms with E-state index in [1.807, 2.05) is 12.2 Å². The first-order valence-corrected chi connectivity index (χ1v) is 9.02. The highest BCUT2D eigenvalue weighted by atomic mass is 16.5. The van der Waals surface area contributed by atoms with E-state index in [0.29, 0.717) is 0 Å². The van der Waals surface area contributed by atoms with E-state index in [9.17, 15) is 0 Å². The molecule has 2 unspecified atom stereocenters. The molecule has 0 spiro atoms. The lowest BCUT2D eigenvalue weighted by molar-refractivity contribution is 0.0715. The van der Waals surface area contributed by atoms with Crippen LogP contribution in [0.2, 0.25) is 0 Å². The Bertz CT molecular complexity index is 948. The average molecular weight is 331 g/mol. The first-order chi connectivity index (χ1) is 11.9. The molecule has 128 valence electrons. The van der Waals surface area contributed by atoms with Gasteiger partial charge in [-0.25, -0.2) is 4.98 Å². The molecule has 2 nitrogen and oxygen atoms in total. The lowest BCUT2D eigenvalue weighted by Crippen LogP contribution is -2.33. The summed E-state index contributed by atoms with van der Waals surface area (Å²) in [4.78, 5) is 4.87. The molecule has 1 aromatic heterocycles. The molecule has 25 heavy (non-hydrogen) atoms. The minimum absolute atomic E-state index is 0.149. The maximum absolute atomic E-state index is 6.20. The van der Waals surface area contributed by atoms with E-state index in [4.69, 9.17) is 9.72 Å². The maximum atomic E-state index is 6.20. The van der Waals surface area contributed by atoms with Gasteiger partial charge in [0, 0.05) is 16.3 Å². The molecule has 2 aromatic rings. The van der Waals surface area contributed by atoms with Crippen LogP contribution in [-0.2, 0) is 10.2 Å². The smallest absolute Gasteiger partial charge is 0.0859 e. The minimum Gasteiger partial charge on any atom is -0.365 e. The second-order valence-corrected chi connectivity index (χ2v) is 8.07. The van der Waals surface area contributed by atoms with Gasteiger partial charge in [-0.1, -0.05) is 70.3 Å². The summed E-state index contributed by atoms with van der Waals surface area (Å²) in [6.07, 6.45) is 6.35. The summed E-state index contributed by atoms with van der Waals surface area (Å²) in [5.41, 5.74) is 6.21. The van der Waals surface area contributed by atoms with Gasteiger partial charge in [-0.2, -0.15) is 0 Å². The van der Waals surface area contributed by atoms with Gasteiger partial charge in [-0.05, 0) is 29.4 Å². The Labute approximate surface area is 149 Å². The SMILES string of the molecule is C=C/C=c1/c2c(c(-c3ccc(C(C)(C)C)cc3)nc1=C)C1CCC2O1. The second-order valence-electron chi connectivity index (χ2n) is 8.07. The number of pyridine rings is 1. The zero-order valence-corrected chi connectivity index (χ0v) is 15.3. The van der Waals surface area contributed by atoms with Crippen LogP contribution in [0.5, 0.6) is 0 Å². The van der Waals surface area contributed by atoms with Crippen LogP contribution >= 0.6 is 0 Å². The Morgan fingerprint density at radius 3 is 2.32 bits per heavy atom. The van der Waals surface area contributed by atoms with Crippen molar-refractivity contribution in [2.45, 2.75) is 51.2 Å². The van der Waals surface area contributed by atoms with Crippen LogP contribution in [0, 0.1) is 0 Å². The third-order valence-electron chi connectivity index (χ3n) is 5.37. The molecule has 2 bridgehead atoms. The van der Waals surface area contributed by atoms with Gasteiger partial charge in [-0.15, -0.1) is 0 Å². The molecule has 0 N–H and O–H groups in total. The molecule has 2 heteroatoms. The van der Waals surface area contributed by atoms with Crippen LogP contribution < -0.4 is 10.6 Å². The van der Waals surface area contributed by atoms with Crippen LogP contribution in [0.1, 0.15) is 62.5 Å². The van der Waals surface area contributed by atoms with E-state index in [2.05, 4.69) is 58.2 Å². The van der Waals surface area contributed by atoms with Crippen molar-refractivity contribution >= 4 is 12.7 Å². The first kappa shape index (κ1) is 16.3. The van der Waals surface area contributed by atoms with Gasteiger partial charge in [0.1, 0.15) is 0 Å². The van der Waals surface area contributed by atoms with Crippen LogP contribution in [0.25, 0.3) is 23.9 Å². The highest BCUT2D eigenvalue weighted by Gasteiger charge is 2.41. The normalized spacial score (nSPS) is 22.3. The average Bonchev–Trinajstić information content (AvgIpc) is 3.18. The van der Waals surface area contributed by atoms with Crippen molar-refractivity contribution in [3.8, 4) is 11.3 Å². The molecule has 1 aromatic carbocycles. The van der Waals surface area contributed by atoms with Crippen LogP contribution in [0.15, 0.2) is 36.9 Å². The number of fused-ring (bicyclic) bond motifs is 5. The van der Waals surface area contributed by atoms with Crippen molar-refractivity contribution in [2.75, 3.05) is 0 Å². The molecule has 0 aliphatic carbocycles. The Kier molecular flexibility index (Phi) is 3.69. The molecular weight excluding hydrogens is 306 g/mol. The molecule has 0 saturated carbocycles. The van der Waals surface area contributed by atoms with Gasteiger partial charge < -0.3 is 4.74 Å². The highest BCUT2D eigenvalue weighted by molar-refractivity contribution is 5.68. The van der Waals surface area contributed by atoms with E-state index in [1.165, 1.54) is 16.7 Å². The monoisotopic (exact) mass is 331 g/mol. The summed E-state index contributed by atoms with van der Waals surface area (Å²) >= 11 is 0. The Balaban J connectivity index is 1.93.